The van der Waals surface area contributed by atoms with Crippen molar-refractivity contribution in [3.05, 3.63) is 72.4 Å². The number of pyridine rings is 2. The second-order valence-electron chi connectivity index (χ2n) is 5.05. The molecule has 2 aromatic carbocycles. The van der Waals surface area contributed by atoms with Crippen LogP contribution in [0.15, 0.2) is 66.9 Å². The Labute approximate surface area is 111 Å². The Morgan fingerprint density at radius 2 is 1.63 bits per heavy atom. The van der Waals surface area contributed by atoms with Crippen LogP contribution < -0.4 is 4.40 Å². The third-order valence-electron chi connectivity index (χ3n) is 3.76. The average molecular weight is 244 g/mol. The molecule has 0 aliphatic carbocycles. The van der Waals surface area contributed by atoms with Crippen molar-refractivity contribution < 1.29 is 4.40 Å². The molecule has 2 aromatic heterocycles. The number of rotatable bonds is 0. The summed E-state index contributed by atoms with van der Waals surface area (Å²) >= 11 is 0. The smallest absolute Gasteiger partial charge is 0.159 e. The Bertz CT molecular complexity index is 922. The topological polar surface area (TPSA) is 4.10 Å². The first-order valence-electron chi connectivity index (χ1n) is 6.55. The molecule has 1 nitrogen and oxygen atoms in total. The van der Waals surface area contributed by atoms with Crippen LogP contribution in [0.3, 0.4) is 0 Å². The number of hydrogen-bond donors (Lipinski definition) is 0. The number of aryl methyl sites for hydroxylation is 1. The molecule has 0 aliphatic heterocycles. The molecule has 19 heavy (non-hydrogen) atoms. The molecule has 0 saturated carbocycles. The lowest BCUT2D eigenvalue weighted by Crippen LogP contribution is -2.22. The molecule has 0 N–H and O–H groups in total. The molecule has 0 saturated heterocycles. The summed E-state index contributed by atoms with van der Waals surface area (Å²) < 4.78 is 2.27. The van der Waals surface area contributed by atoms with Crippen LogP contribution in [0.2, 0.25) is 0 Å². The number of hydrogen-bond acceptors (Lipinski definition) is 0. The largest absolute Gasteiger partial charge is 0.219 e. The van der Waals surface area contributed by atoms with Crippen molar-refractivity contribution in [3.63, 3.8) is 0 Å². The van der Waals surface area contributed by atoms with Crippen LogP contribution in [0, 0.1) is 6.92 Å². The number of nitrogens with zero attached hydrogens (tertiary/aromatic N) is 1. The number of para-hydroxylation sites is 1. The fourth-order valence-electron chi connectivity index (χ4n) is 2.81. The minimum atomic E-state index is 1.25. The van der Waals surface area contributed by atoms with Crippen molar-refractivity contribution in [2.75, 3.05) is 0 Å². The Morgan fingerprint density at radius 1 is 0.737 bits per heavy atom. The van der Waals surface area contributed by atoms with Gasteiger partial charge in [0, 0.05) is 23.6 Å². The van der Waals surface area contributed by atoms with E-state index in [0.29, 0.717) is 0 Å². The van der Waals surface area contributed by atoms with Crippen molar-refractivity contribution in [3.8, 4) is 0 Å². The molecule has 4 aromatic rings. The second-order valence-corrected chi connectivity index (χ2v) is 5.05. The predicted octanol–water partition coefficient (Wildman–Crippen LogP) is 4.04. The van der Waals surface area contributed by atoms with Gasteiger partial charge in [0.25, 0.3) is 0 Å². The van der Waals surface area contributed by atoms with Crippen molar-refractivity contribution in [1.82, 2.24) is 0 Å². The van der Waals surface area contributed by atoms with E-state index in [0.717, 1.165) is 0 Å². The van der Waals surface area contributed by atoms with Crippen LogP contribution in [0.1, 0.15) is 5.56 Å². The monoisotopic (exact) mass is 244 g/mol. The summed E-state index contributed by atoms with van der Waals surface area (Å²) in [5.74, 6) is 0. The first kappa shape index (κ1) is 10.5. The average Bonchev–Trinajstić information content (AvgIpc) is 2.46. The van der Waals surface area contributed by atoms with Crippen LogP contribution in [0.25, 0.3) is 27.2 Å². The SMILES string of the molecule is Cc1ccc2c(cc[n+]3c4ccccc4ccc23)c1. The zero-order chi connectivity index (χ0) is 12.8. The predicted molar refractivity (Wildman–Crippen MR) is 79.4 cm³/mol. The van der Waals surface area contributed by atoms with E-state index in [1.165, 1.54) is 32.8 Å². The third kappa shape index (κ3) is 1.52. The minimum absolute atomic E-state index is 1.25. The highest BCUT2D eigenvalue weighted by molar-refractivity contribution is 5.95. The maximum absolute atomic E-state index is 2.27. The lowest BCUT2D eigenvalue weighted by molar-refractivity contribution is -0.480. The fourth-order valence-corrected chi connectivity index (χ4v) is 2.81. The molecule has 0 atom stereocenters. The highest BCUT2D eigenvalue weighted by Crippen LogP contribution is 2.20. The van der Waals surface area contributed by atoms with E-state index in [1.807, 2.05) is 0 Å². The van der Waals surface area contributed by atoms with Gasteiger partial charge in [-0.1, -0.05) is 29.8 Å². The van der Waals surface area contributed by atoms with Gasteiger partial charge in [0.15, 0.2) is 6.20 Å². The molecule has 1 heteroatoms. The van der Waals surface area contributed by atoms with Gasteiger partial charge in [0.2, 0.25) is 11.0 Å². The zero-order valence-electron chi connectivity index (χ0n) is 10.8. The molecule has 4 rings (SSSR count). The van der Waals surface area contributed by atoms with Crippen molar-refractivity contribution >= 4 is 27.2 Å². The zero-order valence-corrected chi connectivity index (χ0v) is 10.8. The highest BCUT2D eigenvalue weighted by atomic mass is 14.9. The summed E-state index contributed by atoms with van der Waals surface area (Å²) in [5.41, 5.74) is 3.82. The summed E-state index contributed by atoms with van der Waals surface area (Å²) in [6.07, 6.45) is 2.17. The van der Waals surface area contributed by atoms with Crippen LogP contribution in [0.5, 0.6) is 0 Å². The van der Waals surface area contributed by atoms with E-state index in [2.05, 4.69) is 78.2 Å². The van der Waals surface area contributed by atoms with Crippen LogP contribution in [-0.2, 0) is 0 Å². The Kier molecular flexibility index (Phi) is 2.10. The summed E-state index contributed by atoms with van der Waals surface area (Å²) in [6, 6.07) is 21.7. The summed E-state index contributed by atoms with van der Waals surface area (Å²) in [7, 11) is 0. The van der Waals surface area contributed by atoms with E-state index >= 15 is 0 Å². The van der Waals surface area contributed by atoms with Crippen LogP contribution >= 0.6 is 0 Å². The molecule has 2 heterocycles. The van der Waals surface area contributed by atoms with Crippen LogP contribution in [0.4, 0.5) is 0 Å². The molecule has 0 amide bonds. The summed E-state index contributed by atoms with van der Waals surface area (Å²) in [5, 5.41) is 3.88. The molecule has 90 valence electrons. The lowest BCUT2D eigenvalue weighted by Gasteiger charge is -2.02. The van der Waals surface area contributed by atoms with Gasteiger partial charge in [-0.3, -0.25) is 0 Å². The normalized spacial score (nSPS) is 11.4. The quantitative estimate of drug-likeness (QED) is 0.325. The highest BCUT2D eigenvalue weighted by Gasteiger charge is 2.11. The fraction of sp³-hybridized carbons (Fsp3) is 0.0556. The Morgan fingerprint density at radius 3 is 2.58 bits per heavy atom. The molecule has 0 bridgehead atoms. The Hall–Kier alpha value is -2.41. The first-order chi connectivity index (χ1) is 9.33. The van der Waals surface area contributed by atoms with Gasteiger partial charge in [-0.25, -0.2) is 0 Å². The van der Waals surface area contributed by atoms with Crippen LogP contribution in [-0.4, -0.2) is 0 Å². The van der Waals surface area contributed by atoms with E-state index < -0.39 is 0 Å². The molecular formula is C18H14N+. The van der Waals surface area contributed by atoms with Gasteiger partial charge in [-0.2, -0.15) is 4.40 Å². The molecular weight excluding hydrogens is 230 g/mol. The molecule has 0 fully saturated rings. The molecule has 0 aliphatic rings. The third-order valence-corrected chi connectivity index (χ3v) is 3.76. The van der Waals surface area contributed by atoms with Crippen molar-refractivity contribution in [2.45, 2.75) is 6.92 Å². The molecule has 0 spiro atoms. The van der Waals surface area contributed by atoms with E-state index in [-0.39, 0.29) is 0 Å². The van der Waals surface area contributed by atoms with E-state index in [9.17, 15) is 0 Å². The summed E-state index contributed by atoms with van der Waals surface area (Å²) in [4.78, 5) is 0. The minimum Gasteiger partial charge on any atom is -0.159 e. The second kappa shape index (κ2) is 3.79. The maximum atomic E-state index is 2.27. The van der Waals surface area contributed by atoms with Gasteiger partial charge < -0.3 is 0 Å². The first-order valence-corrected chi connectivity index (χ1v) is 6.55. The maximum Gasteiger partial charge on any atom is 0.219 e. The van der Waals surface area contributed by atoms with Crippen molar-refractivity contribution in [1.29, 1.82) is 0 Å². The standard InChI is InChI=1S/C18H14N/c1-13-6-8-16-15(12-13)10-11-19-17-5-3-2-4-14(17)7-9-18(16)19/h2-12H,1H3/q+1. The van der Waals surface area contributed by atoms with Gasteiger partial charge in [-0.05, 0) is 30.5 Å². The van der Waals surface area contributed by atoms with Gasteiger partial charge in [0.05, 0.1) is 5.39 Å². The van der Waals surface area contributed by atoms with Crippen molar-refractivity contribution in [2.24, 2.45) is 0 Å². The Balaban J connectivity index is 2.26. The lowest BCUT2D eigenvalue weighted by atomic mass is 10.1. The molecule has 0 unspecified atom stereocenters. The molecule has 0 radical (unpaired) electrons. The van der Waals surface area contributed by atoms with Gasteiger partial charge >= 0.3 is 0 Å². The van der Waals surface area contributed by atoms with E-state index in [1.54, 1.807) is 0 Å². The number of fused-ring (bicyclic) bond motifs is 5. The van der Waals surface area contributed by atoms with E-state index in [4.69, 9.17) is 0 Å². The summed E-state index contributed by atoms with van der Waals surface area (Å²) in [6.45, 7) is 2.14. The number of benzene rings is 2. The van der Waals surface area contributed by atoms with Gasteiger partial charge in [-0.15, -0.1) is 0 Å². The van der Waals surface area contributed by atoms with Gasteiger partial charge in [0.1, 0.15) is 0 Å². The number of aromatic nitrogens is 1.